The fraction of sp³-hybridized carbons (Fsp3) is 0.432. The van der Waals surface area contributed by atoms with Crippen molar-refractivity contribution in [1.82, 2.24) is 14.4 Å². The molecular formula is C44H57N3O5. The molecule has 52 heavy (non-hydrogen) atoms. The van der Waals surface area contributed by atoms with Crippen LogP contribution in [-0.4, -0.2) is 61.8 Å². The molecule has 3 aromatic carbocycles. The predicted octanol–water partition coefficient (Wildman–Crippen LogP) is 8.98. The zero-order valence-corrected chi connectivity index (χ0v) is 32.6. The molecule has 4 heterocycles. The Kier molecular flexibility index (Phi) is 12.4. The number of amides is 1. The Balaban J connectivity index is 0.000000290. The van der Waals surface area contributed by atoms with Crippen LogP contribution in [0.15, 0.2) is 90.9 Å². The van der Waals surface area contributed by atoms with Crippen molar-refractivity contribution in [2.24, 2.45) is 5.41 Å². The summed E-state index contributed by atoms with van der Waals surface area (Å²) in [5, 5.41) is 0. The van der Waals surface area contributed by atoms with Crippen LogP contribution in [0.3, 0.4) is 0 Å². The van der Waals surface area contributed by atoms with Gasteiger partial charge in [0.1, 0.15) is 23.0 Å². The second-order valence-corrected chi connectivity index (χ2v) is 14.2. The molecule has 1 aromatic heterocycles. The number of hydrogen-bond donors (Lipinski definition) is 0. The largest absolute Gasteiger partial charge is 0.497 e. The molecule has 4 aromatic rings. The molecule has 0 N–H and O–H groups in total. The van der Waals surface area contributed by atoms with Crippen LogP contribution in [0.5, 0.6) is 23.0 Å². The molecular weight excluding hydrogens is 651 g/mol. The van der Waals surface area contributed by atoms with Gasteiger partial charge in [0.15, 0.2) is 0 Å². The topological polar surface area (TPSA) is 65.4 Å². The van der Waals surface area contributed by atoms with Gasteiger partial charge in [-0.2, -0.15) is 0 Å². The normalized spacial score (nSPS) is 17.0. The Morgan fingerprint density at radius 2 is 1.38 bits per heavy atom. The maximum Gasteiger partial charge on any atom is 0.228 e. The van der Waals surface area contributed by atoms with Gasteiger partial charge in [0, 0.05) is 65.3 Å². The number of methoxy groups -OCH3 is 4. The molecule has 3 aliphatic rings. The second kappa shape index (κ2) is 16.8. The lowest BCUT2D eigenvalue weighted by atomic mass is 9.72. The smallest absolute Gasteiger partial charge is 0.228 e. The lowest BCUT2D eigenvalue weighted by molar-refractivity contribution is -0.127. The molecule has 3 aliphatic heterocycles. The van der Waals surface area contributed by atoms with Gasteiger partial charge >= 0.3 is 0 Å². The first kappa shape index (κ1) is 38.5. The summed E-state index contributed by atoms with van der Waals surface area (Å²) < 4.78 is 24.4. The summed E-state index contributed by atoms with van der Waals surface area (Å²) in [5.74, 6) is 3.37. The third kappa shape index (κ3) is 8.18. The van der Waals surface area contributed by atoms with Crippen LogP contribution >= 0.6 is 0 Å². The van der Waals surface area contributed by atoms with Crippen molar-refractivity contribution in [2.75, 3.05) is 41.5 Å². The highest BCUT2D eigenvalue weighted by Gasteiger charge is 2.51. The summed E-state index contributed by atoms with van der Waals surface area (Å²) in [6.07, 6.45) is 10.0. The van der Waals surface area contributed by atoms with E-state index in [1.807, 2.05) is 43.0 Å². The first-order valence-electron chi connectivity index (χ1n) is 18.6. The molecule has 0 atom stereocenters. The van der Waals surface area contributed by atoms with Gasteiger partial charge in [0.2, 0.25) is 5.91 Å². The van der Waals surface area contributed by atoms with Gasteiger partial charge < -0.3 is 28.4 Å². The molecule has 1 amide bonds. The molecule has 0 saturated carbocycles. The third-order valence-electron chi connectivity index (χ3n) is 10.6. The van der Waals surface area contributed by atoms with E-state index in [2.05, 4.69) is 91.2 Å². The average molecular weight is 708 g/mol. The summed E-state index contributed by atoms with van der Waals surface area (Å²) in [7, 11) is 6.72. The SMILES string of the molecule is CC.CCc1cccc(-n2cccc2)c1.COc1cc(CN2CCC3(CC2)CC(=O)N2Cc4cc(OC)cc(OC)c4C(C)(C)C=C23)cc(OC)c1. The Labute approximate surface area is 310 Å². The van der Waals surface area contributed by atoms with Crippen molar-refractivity contribution in [3.63, 3.8) is 0 Å². The Bertz CT molecular complexity index is 1810. The number of fused-ring (bicyclic) bond motifs is 3. The van der Waals surface area contributed by atoms with E-state index in [0.29, 0.717) is 13.0 Å². The van der Waals surface area contributed by atoms with E-state index in [4.69, 9.17) is 18.9 Å². The van der Waals surface area contributed by atoms with Gasteiger partial charge in [-0.15, -0.1) is 0 Å². The Hall–Kier alpha value is -4.69. The average Bonchev–Trinajstić information content (AvgIpc) is 3.77. The second-order valence-electron chi connectivity index (χ2n) is 14.2. The molecule has 8 heteroatoms. The summed E-state index contributed by atoms with van der Waals surface area (Å²) >= 11 is 0. The number of ether oxygens (including phenoxy) is 4. The maximum atomic E-state index is 13.5. The molecule has 1 spiro atoms. The van der Waals surface area contributed by atoms with Crippen molar-refractivity contribution in [2.45, 2.75) is 78.8 Å². The monoisotopic (exact) mass is 707 g/mol. The van der Waals surface area contributed by atoms with E-state index in [0.717, 1.165) is 73.0 Å². The fourth-order valence-electron chi connectivity index (χ4n) is 7.90. The zero-order valence-electron chi connectivity index (χ0n) is 32.6. The number of benzene rings is 3. The van der Waals surface area contributed by atoms with E-state index >= 15 is 0 Å². The number of hydrogen-bond acceptors (Lipinski definition) is 6. The van der Waals surface area contributed by atoms with Crippen LogP contribution in [0, 0.1) is 5.41 Å². The van der Waals surface area contributed by atoms with Crippen LogP contribution in [0.25, 0.3) is 5.69 Å². The van der Waals surface area contributed by atoms with Crippen LogP contribution in [-0.2, 0) is 29.7 Å². The Morgan fingerprint density at radius 3 is 1.98 bits per heavy atom. The number of nitrogens with zero attached hydrogens (tertiary/aromatic N) is 3. The third-order valence-corrected chi connectivity index (χ3v) is 10.6. The minimum absolute atomic E-state index is 0.129. The van der Waals surface area contributed by atoms with E-state index in [-0.39, 0.29) is 16.7 Å². The summed E-state index contributed by atoms with van der Waals surface area (Å²) in [4.78, 5) is 18.0. The predicted molar refractivity (Wildman–Crippen MR) is 209 cm³/mol. The lowest BCUT2D eigenvalue weighted by Crippen LogP contribution is -2.40. The van der Waals surface area contributed by atoms with Crippen molar-refractivity contribution < 1.29 is 23.7 Å². The maximum absolute atomic E-state index is 13.5. The molecule has 0 aliphatic carbocycles. The minimum atomic E-state index is -0.289. The summed E-state index contributed by atoms with van der Waals surface area (Å²) in [5.41, 5.74) is 6.77. The van der Waals surface area contributed by atoms with Gasteiger partial charge in [-0.25, -0.2) is 0 Å². The molecule has 2 fully saturated rings. The summed E-state index contributed by atoms with van der Waals surface area (Å²) in [6, 6.07) is 22.7. The number of aromatic nitrogens is 1. The molecule has 7 rings (SSSR count). The molecule has 0 unspecified atom stereocenters. The van der Waals surface area contributed by atoms with E-state index in [1.54, 1.807) is 28.4 Å². The fourth-order valence-corrected chi connectivity index (χ4v) is 7.90. The van der Waals surface area contributed by atoms with E-state index < -0.39 is 0 Å². The molecule has 278 valence electrons. The number of carbonyl (C=O) groups is 1. The molecule has 0 radical (unpaired) electrons. The minimum Gasteiger partial charge on any atom is -0.497 e. The number of carbonyl (C=O) groups excluding carboxylic acids is 1. The number of allylic oxidation sites excluding steroid dienone is 2. The van der Waals surface area contributed by atoms with Gasteiger partial charge in [-0.1, -0.05) is 52.8 Å². The van der Waals surface area contributed by atoms with Gasteiger partial charge in [0.25, 0.3) is 0 Å². The number of aryl methyl sites for hydroxylation is 1. The van der Waals surface area contributed by atoms with Gasteiger partial charge in [-0.3, -0.25) is 9.69 Å². The Morgan fingerprint density at radius 1 is 0.750 bits per heavy atom. The number of piperidine rings is 1. The van der Waals surface area contributed by atoms with Crippen LogP contribution < -0.4 is 18.9 Å². The molecule has 2 saturated heterocycles. The van der Waals surface area contributed by atoms with Crippen molar-refractivity contribution in [3.8, 4) is 28.7 Å². The van der Waals surface area contributed by atoms with Crippen molar-refractivity contribution in [1.29, 1.82) is 0 Å². The van der Waals surface area contributed by atoms with E-state index in [9.17, 15) is 4.79 Å². The van der Waals surface area contributed by atoms with Crippen LogP contribution in [0.1, 0.15) is 76.1 Å². The first-order chi connectivity index (χ1) is 25.1. The van der Waals surface area contributed by atoms with Gasteiger partial charge in [-0.05, 0) is 91.5 Å². The van der Waals surface area contributed by atoms with Gasteiger partial charge in [0.05, 0.1) is 35.0 Å². The van der Waals surface area contributed by atoms with Crippen LogP contribution in [0.2, 0.25) is 0 Å². The molecule has 8 nitrogen and oxygen atoms in total. The first-order valence-corrected chi connectivity index (χ1v) is 18.6. The quantitative estimate of drug-likeness (QED) is 0.182. The lowest BCUT2D eigenvalue weighted by Gasteiger charge is -2.40. The van der Waals surface area contributed by atoms with E-state index in [1.165, 1.54) is 22.5 Å². The highest BCUT2D eigenvalue weighted by atomic mass is 16.5. The number of likely N-dealkylation sites (tertiary alicyclic amines) is 1. The van der Waals surface area contributed by atoms with Crippen molar-refractivity contribution >= 4 is 5.91 Å². The summed E-state index contributed by atoms with van der Waals surface area (Å²) in [6.45, 7) is 13.9. The van der Waals surface area contributed by atoms with Crippen LogP contribution in [0.4, 0.5) is 0 Å². The highest BCUT2D eigenvalue weighted by molar-refractivity contribution is 5.84. The number of rotatable bonds is 8. The standard InChI is InChI=1S/C30H38N2O5.C12H13N.C2H6/c1-29(2)16-26-30(7-9-31(10-8-30)18-20-11-22(34-3)14-23(12-20)35-4)17-27(33)32(26)19-21-13-24(36-5)15-25(37-6)28(21)29;1-2-11-6-5-7-12(10-11)13-8-3-4-9-13;1-2/h11-16H,7-10,17-19H2,1-6H3;3-10H,2H2,1H3;1-2H3. The highest BCUT2D eigenvalue weighted by Crippen LogP contribution is 2.53. The van der Waals surface area contributed by atoms with Crippen molar-refractivity contribution in [3.05, 3.63) is 113 Å². The molecule has 0 bridgehead atoms. The zero-order chi connectivity index (χ0) is 37.5.